The molecule has 1 N–H and O–H groups in total. The lowest BCUT2D eigenvalue weighted by Gasteiger charge is -2.29. The van der Waals surface area contributed by atoms with Crippen LogP contribution in [0.5, 0.6) is 0 Å². The molecule has 19 heavy (non-hydrogen) atoms. The highest BCUT2D eigenvalue weighted by Crippen LogP contribution is 2.09. The third kappa shape index (κ3) is 7.34. The van der Waals surface area contributed by atoms with Crippen LogP contribution in [0.25, 0.3) is 0 Å². The van der Waals surface area contributed by atoms with Crippen molar-refractivity contribution in [3.63, 3.8) is 0 Å². The minimum atomic E-state index is 0.207. The largest absolute Gasteiger partial charge is 0.309 e. The summed E-state index contributed by atoms with van der Waals surface area (Å²) in [6.07, 6.45) is 2.40. The fourth-order valence-corrected chi connectivity index (χ4v) is 2.34. The lowest BCUT2D eigenvalue weighted by Crippen LogP contribution is -2.44. The van der Waals surface area contributed by atoms with Gasteiger partial charge in [-0.3, -0.25) is 0 Å². The van der Waals surface area contributed by atoms with Crippen LogP contribution in [0, 0.1) is 0 Å². The Labute approximate surface area is 119 Å². The third-order valence-electron chi connectivity index (χ3n) is 3.28. The van der Waals surface area contributed by atoms with Crippen LogP contribution in [0.4, 0.5) is 0 Å². The minimum absolute atomic E-state index is 0.207. The Bertz CT molecular complexity index is 340. The molecular formula is C17H30N2. The lowest BCUT2D eigenvalue weighted by molar-refractivity contribution is 0.272. The van der Waals surface area contributed by atoms with Crippen molar-refractivity contribution in [2.24, 2.45) is 0 Å². The molecule has 0 aliphatic rings. The van der Waals surface area contributed by atoms with E-state index < -0.39 is 0 Å². The van der Waals surface area contributed by atoms with E-state index in [9.17, 15) is 0 Å². The van der Waals surface area contributed by atoms with Crippen LogP contribution in [0.2, 0.25) is 0 Å². The summed E-state index contributed by atoms with van der Waals surface area (Å²) in [4.78, 5) is 2.41. The van der Waals surface area contributed by atoms with Gasteiger partial charge < -0.3 is 10.2 Å². The first-order valence-electron chi connectivity index (χ1n) is 7.41. The smallest absolute Gasteiger partial charge is 0.0230 e. The first kappa shape index (κ1) is 16.2. The molecule has 108 valence electrons. The Morgan fingerprint density at radius 1 is 1.16 bits per heavy atom. The molecule has 0 aliphatic heterocycles. The fraction of sp³-hybridized carbons (Fsp3) is 0.647. The van der Waals surface area contributed by atoms with Crippen molar-refractivity contribution in [3.05, 3.63) is 35.9 Å². The predicted octanol–water partition coefficient (Wildman–Crippen LogP) is 3.68. The molecule has 2 nitrogen and oxygen atoms in total. The maximum atomic E-state index is 3.70. The summed E-state index contributed by atoms with van der Waals surface area (Å²) in [6, 6.07) is 11.3. The van der Waals surface area contributed by atoms with Crippen LogP contribution in [-0.4, -0.2) is 30.1 Å². The van der Waals surface area contributed by atoms with E-state index in [0.29, 0.717) is 6.04 Å². The zero-order valence-corrected chi connectivity index (χ0v) is 13.2. The van der Waals surface area contributed by atoms with Crippen molar-refractivity contribution >= 4 is 0 Å². The van der Waals surface area contributed by atoms with E-state index >= 15 is 0 Å². The van der Waals surface area contributed by atoms with Gasteiger partial charge in [-0.25, -0.2) is 0 Å². The highest BCUT2D eigenvalue weighted by molar-refractivity contribution is 5.14. The van der Waals surface area contributed by atoms with E-state index in [2.05, 4.69) is 75.3 Å². The van der Waals surface area contributed by atoms with Gasteiger partial charge in [0.1, 0.15) is 0 Å². The molecule has 0 saturated heterocycles. The molecule has 0 heterocycles. The van der Waals surface area contributed by atoms with E-state index in [4.69, 9.17) is 0 Å². The van der Waals surface area contributed by atoms with Crippen molar-refractivity contribution in [2.45, 2.75) is 58.7 Å². The molecule has 0 spiro atoms. The van der Waals surface area contributed by atoms with E-state index in [0.717, 1.165) is 13.1 Å². The number of hydrogen-bond donors (Lipinski definition) is 1. The molecule has 0 aliphatic carbocycles. The average molecular weight is 262 g/mol. The normalized spacial score (nSPS) is 13.8. The quantitative estimate of drug-likeness (QED) is 0.806. The molecule has 1 unspecified atom stereocenters. The first-order valence-corrected chi connectivity index (χ1v) is 7.41. The second-order valence-electron chi connectivity index (χ2n) is 6.51. The van der Waals surface area contributed by atoms with E-state index in [-0.39, 0.29) is 5.54 Å². The summed E-state index contributed by atoms with van der Waals surface area (Å²) >= 11 is 0. The molecule has 2 heteroatoms. The van der Waals surface area contributed by atoms with Gasteiger partial charge in [0, 0.05) is 18.1 Å². The third-order valence-corrected chi connectivity index (χ3v) is 3.28. The maximum Gasteiger partial charge on any atom is 0.0230 e. The maximum absolute atomic E-state index is 3.70. The number of nitrogens with zero attached hydrogens (tertiary/aromatic N) is 1. The lowest BCUT2D eigenvalue weighted by atomic mass is 10.0. The van der Waals surface area contributed by atoms with Crippen molar-refractivity contribution in [2.75, 3.05) is 13.6 Å². The SMILES string of the molecule is CCC(CCN(C)Cc1ccccc1)NC(C)(C)C. The van der Waals surface area contributed by atoms with E-state index in [1.54, 1.807) is 0 Å². The molecule has 0 bridgehead atoms. The fourth-order valence-electron chi connectivity index (χ4n) is 2.34. The Hall–Kier alpha value is -0.860. The molecule has 1 rings (SSSR count). The summed E-state index contributed by atoms with van der Waals surface area (Å²) in [5, 5.41) is 3.70. The van der Waals surface area contributed by atoms with Gasteiger partial charge in [-0.1, -0.05) is 37.3 Å². The molecule has 0 amide bonds. The highest BCUT2D eigenvalue weighted by atomic mass is 15.1. The number of nitrogens with one attached hydrogen (secondary N) is 1. The van der Waals surface area contributed by atoms with Gasteiger partial charge in [0.25, 0.3) is 0 Å². The van der Waals surface area contributed by atoms with Crippen molar-refractivity contribution < 1.29 is 0 Å². The average Bonchev–Trinajstić information content (AvgIpc) is 2.34. The number of benzene rings is 1. The first-order chi connectivity index (χ1) is 8.90. The van der Waals surface area contributed by atoms with Gasteiger partial charge >= 0.3 is 0 Å². The Balaban J connectivity index is 2.34. The predicted molar refractivity (Wildman–Crippen MR) is 84.4 cm³/mol. The van der Waals surface area contributed by atoms with Crippen LogP contribution in [0.15, 0.2) is 30.3 Å². The van der Waals surface area contributed by atoms with Crippen LogP contribution >= 0.6 is 0 Å². The molecule has 1 aromatic carbocycles. The molecule has 1 aromatic rings. The molecular weight excluding hydrogens is 232 g/mol. The molecule has 0 aromatic heterocycles. The van der Waals surface area contributed by atoms with Crippen LogP contribution in [0.1, 0.15) is 46.1 Å². The van der Waals surface area contributed by atoms with Crippen molar-refractivity contribution in [1.29, 1.82) is 0 Å². The summed E-state index contributed by atoms with van der Waals surface area (Å²) in [7, 11) is 2.21. The standard InChI is InChI=1S/C17H30N2/c1-6-16(18-17(2,3)4)12-13-19(5)14-15-10-8-7-9-11-15/h7-11,16,18H,6,12-14H2,1-5H3. The van der Waals surface area contributed by atoms with E-state index in [1.165, 1.54) is 18.4 Å². The highest BCUT2D eigenvalue weighted by Gasteiger charge is 2.15. The Morgan fingerprint density at radius 3 is 2.32 bits per heavy atom. The molecule has 0 saturated carbocycles. The summed E-state index contributed by atoms with van der Waals surface area (Å²) < 4.78 is 0. The summed E-state index contributed by atoms with van der Waals surface area (Å²) in [6.45, 7) is 11.2. The van der Waals surface area contributed by atoms with Crippen LogP contribution in [-0.2, 0) is 6.54 Å². The van der Waals surface area contributed by atoms with Gasteiger partial charge in [-0.05, 0) is 52.8 Å². The Morgan fingerprint density at radius 2 is 1.79 bits per heavy atom. The van der Waals surface area contributed by atoms with E-state index in [1.807, 2.05) is 0 Å². The topological polar surface area (TPSA) is 15.3 Å². The van der Waals surface area contributed by atoms with Gasteiger partial charge in [0.2, 0.25) is 0 Å². The van der Waals surface area contributed by atoms with Crippen LogP contribution in [0.3, 0.4) is 0 Å². The molecule has 0 radical (unpaired) electrons. The van der Waals surface area contributed by atoms with Crippen molar-refractivity contribution in [1.82, 2.24) is 10.2 Å². The van der Waals surface area contributed by atoms with Gasteiger partial charge in [0.15, 0.2) is 0 Å². The monoisotopic (exact) mass is 262 g/mol. The molecule has 1 atom stereocenters. The van der Waals surface area contributed by atoms with Gasteiger partial charge in [-0.15, -0.1) is 0 Å². The summed E-state index contributed by atoms with van der Waals surface area (Å²) in [5.74, 6) is 0. The zero-order valence-electron chi connectivity index (χ0n) is 13.2. The van der Waals surface area contributed by atoms with Crippen molar-refractivity contribution in [3.8, 4) is 0 Å². The second-order valence-corrected chi connectivity index (χ2v) is 6.51. The van der Waals surface area contributed by atoms with Gasteiger partial charge in [-0.2, -0.15) is 0 Å². The number of hydrogen-bond acceptors (Lipinski definition) is 2. The van der Waals surface area contributed by atoms with Crippen LogP contribution < -0.4 is 5.32 Å². The molecule has 0 fully saturated rings. The zero-order chi connectivity index (χ0) is 14.3. The Kier molecular flexibility index (Phi) is 6.53. The number of rotatable bonds is 7. The van der Waals surface area contributed by atoms with Gasteiger partial charge in [0.05, 0.1) is 0 Å². The summed E-state index contributed by atoms with van der Waals surface area (Å²) in [5.41, 5.74) is 1.60. The second kappa shape index (κ2) is 7.66. The minimum Gasteiger partial charge on any atom is -0.309 e.